The van der Waals surface area contributed by atoms with E-state index in [0.717, 1.165) is 40.5 Å². The fourth-order valence-corrected chi connectivity index (χ4v) is 4.63. The van der Waals surface area contributed by atoms with Gasteiger partial charge in [0.2, 0.25) is 5.91 Å². The lowest BCUT2D eigenvalue weighted by Gasteiger charge is -2.39. The van der Waals surface area contributed by atoms with Crippen molar-refractivity contribution in [3.8, 4) is 0 Å². The van der Waals surface area contributed by atoms with Gasteiger partial charge in [-0.2, -0.15) is 0 Å². The summed E-state index contributed by atoms with van der Waals surface area (Å²) in [6.07, 6.45) is 9.98. The number of benzene rings is 1. The third-order valence-electron chi connectivity index (χ3n) is 6.03. The first kappa shape index (κ1) is 19.9. The predicted molar refractivity (Wildman–Crippen MR) is 123 cm³/mol. The molecule has 3 aromatic rings. The molecule has 0 bridgehead atoms. The minimum absolute atomic E-state index is 0.0362. The van der Waals surface area contributed by atoms with Gasteiger partial charge in [-0.25, -0.2) is 0 Å². The highest BCUT2D eigenvalue weighted by atomic mass is 35.5. The van der Waals surface area contributed by atoms with Crippen LogP contribution < -0.4 is 0 Å². The second-order valence-electron chi connectivity index (χ2n) is 7.94. The number of pyridine rings is 2. The van der Waals surface area contributed by atoms with Crippen LogP contribution in [0.25, 0.3) is 12.2 Å². The maximum atomic E-state index is 12.8. The predicted octanol–water partition coefficient (Wildman–Crippen LogP) is 4.09. The summed E-state index contributed by atoms with van der Waals surface area (Å²) in [6, 6.07) is 14.0. The largest absolute Gasteiger partial charge is 0.340 e. The number of hydrogen-bond acceptors (Lipinski definition) is 4. The standard InChI is InChI=1S/C25H23ClN4O/c26-21-7-8-22-20(16-21)6-5-19-4-2-10-28-24(19)25(22)30-13-11-29(12-14-30)23(31)15-18-3-1-9-27-17-18/h1-10,16-17,25H,11-15H2. The summed E-state index contributed by atoms with van der Waals surface area (Å²) in [6.45, 7) is 2.99. The quantitative estimate of drug-likeness (QED) is 0.628. The molecule has 0 N–H and O–H groups in total. The number of aromatic nitrogens is 2. The van der Waals surface area contributed by atoms with E-state index >= 15 is 0 Å². The Hall–Kier alpha value is -3.02. The Morgan fingerprint density at radius 2 is 1.81 bits per heavy atom. The molecule has 5 rings (SSSR count). The molecule has 1 aliphatic heterocycles. The minimum atomic E-state index is 0.0362. The van der Waals surface area contributed by atoms with Gasteiger partial charge in [-0.15, -0.1) is 0 Å². The van der Waals surface area contributed by atoms with Crippen molar-refractivity contribution in [1.29, 1.82) is 0 Å². The van der Waals surface area contributed by atoms with Crippen molar-refractivity contribution in [3.05, 3.63) is 94.0 Å². The minimum Gasteiger partial charge on any atom is -0.340 e. The molecule has 6 heteroatoms. The van der Waals surface area contributed by atoms with Gasteiger partial charge in [0.15, 0.2) is 0 Å². The first-order valence-corrected chi connectivity index (χ1v) is 10.9. The van der Waals surface area contributed by atoms with Crippen LogP contribution in [0.5, 0.6) is 0 Å². The van der Waals surface area contributed by atoms with Crippen LogP contribution in [-0.2, 0) is 11.2 Å². The number of halogens is 1. The number of rotatable bonds is 3. The highest BCUT2D eigenvalue weighted by molar-refractivity contribution is 6.30. The molecule has 2 aliphatic rings. The molecule has 2 aromatic heterocycles. The molecule has 1 aliphatic carbocycles. The maximum absolute atomic E-state index is 12.8. The number of carbonyl (C=O) groups is 1. The average Bonchev–Trinajstić information content (AvgIpc) is 2.96. The van der Waals surface area contributed by atoms with Gasteiger partial charge < -0.3 is 4.90 Å². The van der Waals surface area contributed by atoms with E-state index in [9.17, 15) is 4.79 Å². The third kappa shape index (κ3) is 4.11. The normalized spacial score (nSPS) is 18.2. The van der Waals surface area contributed by atoms with Crippen LogP contribution in [0.2, 0.25) is 5.02 Å². The molecule has 156 valence electrons. The smallest absolute Gasteiger partial charge is 0.227 e. The summed E-state index contributed by atoms with van der Waals surface area (Å²) < 4.78 is 0. The van der Waals surface area contributed by atoms with Crippen LogP contribution in [0.4, 0.5) is 0 Å². The van der Waals surface area contributed by atoms with Crippen LogP contribution >= 0.6 is 11.6 Å². The number of fused-ring (bicyclic) bond motifs is 2. The molecule has 1 atom stereocenters. The summed E-state index contributed by atoms with van der Waals surface area (Å²) >= 11 is 6.28. The Bertz CT molecular complexity index is 1120. The second kappa shape index (κ2) is 8.61. The topological polar surface area (TPSA) is 49.3 Å². The molecule has 1 amide bonds. The zero-order valence-corrected chi connectivity index (χ0v) is 17.9. The van der Waals surface area contributed by atoms with E-state index in [1.165, 1.54) is 5.56 Å². The fourth-order valence-electron chi connectivity index (χ4n) is 4.45. The Labute approximate surface area is 187 Å². The third-order valence-corrected chi connectivity index (χ3v) is 6.26. The number of carbonyl (C=O) groups excluding carboxylic acids is 1. The molecule has 31 heavy (non-hydrogen) atoms. The molecule has 0 saturated carbocycles. The van der Waals surface area contributed by atoms with Crippen molar-refractivity contribution in [2.24, 2.45) is 0 Å². The van der Waals surface area contributed by atoms with Crippen molar-refractivity contribution in [3.63, 3.8) is 0 Å². The molecule has 1 fully saturated rings. The van der Waals surface area contributed by atoms with Crippen molar-refractivity contribution < 1.29 is 4.79 Å². The lowest BCUT2D eigenvalue weighted by molar-refractivity contribution is -0.132. The van der Waals surface area contributed by atoms with Gasteiger partial charge in [0, 0.05) is 49.8 Å². The molecule has 1 unspecified atom stereocenters. The first-order chi connectivity index (χ1) is 15.2. The summed E-state index contributed by atoms with van der Waals surface area (Å²) in [5.74, 6) is 0.154. The lowest BCUT2D eigenvalue weighted by Crippen LogP contribution is -2.50. The van der Waals surface area contributed by atoms with E-state index < -0.39 is 0 Å². The Kier molecular flexibility index (Phi) is 5.53. The number of hydrogen-bond donors (Lipinski definition) is 0. The lowest BCUT2D eigenvalue weighted by atomic mass is 9.96. The molecule has 0 radical (unpaired) electrons. The van der Waals surface area contributed by atoms with E-state index in [4.69, 9.17) is 16.6 Å². The van der Waals surface area contributed by atoms with Crippen LogP contribution in [0.3, 0.4) is 0 Å². The van der Waals surface area contributed by atoms with Gasteiger partial charge in [-0.3, -0.25) is 19.7 Å². The van der Waals surface area contributed by atoms with Gasteiger partial charge in [0.05, 0.1) is 18.2 Å². The van der Waals surface area contributed by atoms with Gasteiger partial charge in [0.25, 0.3) is 0 Å². The summed E-state index contributed by atoms with van der Waals surface area (Å²) in [4.78, 5) is 26.0. The molecular formula is C25H23ClN4O. The summed E-state index contributed by atoms with van der Waals surface area (Å²) in [5, 5.41) is 0.729. The molecule has 5 nitrogen and oxygen atoms in total. The Balaban J connectivity index is 1.37. The van der Waals surface area contributed by atoms with E-state index in [2.05, 4.69) is 34.2 Å². The van der Waals surface area contributed by atoms with Gasteiger partial charge in [-0.05, 0) is 46.5 Å². The van der Waals surface area contributed by atoms with Crippen LogP contribution in [0, 0.1) is 0 Å². The van der Waals surface area contributed by atoms with Gasteiger partial charge in [-0.1, -0.05) is 42.0 Å². The maximum Gasteiger partial charge on any atom is 0.227 e. The molecule has 3 heterocycles. The second-order valence-corrected chi connectivity index (χ2v) is 8.38. The zero-order chi connectivity index (χ0) is 21.2. The molecule has 1 aromatic carbocycles. The molecular weight excluding hydrogens is 408 g/mol. The van der Waals surface area contributed by atoms with Crippen LogP contribution in [0.15, 0.2) is 61.1 Å². The van der Waals surface area contributed by atoms with Crippen LogP contribution in [0.1, 0.15) is 34.0 Å². The monoisotopic (exact) mass is 430 g/mol. The Morgan fingerprint density at radius 3 is 2.61 bits per heavy atom. The van der Waals surface area contributed by atoms with Gasteiger partial charge >= 0.3 is 0 Å². The van der Waals surface area contributed by atoms with Crippen molar-refractivity contribution in [2.75, 3.05) is 26.2 Å². The Morgan fingerprint density at radius 1 is 1.00 bits per heavy atom. The fraction of sp³-hybridized carbons (Fsp3) is 0.240. The average molecular weight is 431 g/mol. The highest BCUT2D eigenvalue weighted by Gasteiger charge is 2.32. The van der Waals surface area contributed by atoms with E-state index in [1.54, 1.807) is 12.4 Å². The van der Waals surface area contributed by atoms with E-state index in [-0.39, 0.29) is 11.9 Å². The van der Waals surface area contributed by atoms with Crippen LogP contribution in [-0.4, -0.2) is 51.9 Å². The zero-order valence-electron chi connectivity index (χ0n) is 17.1. The highest BCUT2D eigenvalue weighted by Crippen LogP contribution is 2.37. The van der Waals surface area contributed by atoms with E-state index in [1.807, 2.05) is 41.4 Å². The number of amides is 1. The first-order valence-electron chi connectivity index (χ1n) is 10.5. The number of piperazine rings is 1. The van der Waals surface area contributed by atoms with Crippen molar-refractivity contribution in [1.82, 2.24) is 19.8 Å². The van der Waals surface area contributed by atoms with E-state index in [0.29, 0.717) is 19.5 Å². The van der Waals surface area contributed by atoms with Crippen molar-refractivity contribution in [2.45, 2.75) is 12.5 Å². The summed E-state index contributed by atoms with van der Waals surface area (Å²) in [7, 11) is 0. The van der Waals surface area contributed by atoms with Gasteiger partial charge in [0.1, 0.15) is 0 Å². The molecule has 1 saturated heterocycles. The van der Waals surface area contributed by atoms with Crippen molar-refractivity contribution >= 4 is 29.7 Å². The molecule has 0 spiro atoms. The summed E-state index contributed by atoms with van der Waals surface area (Å²) in [5.41, 5.74) is 5.44. The SMILES string of the molecule is O=C(Cc1cccnc1)N1CCN(C2c3ccc(Cl)cc3C=Cc3cccnc32)CC1. The number of nitrogens with zero attached hydrogens (tertiary/aromatic N) is 4.